The molecule has 0 aromatic carbocycles. The zero-order chi connectivity index (χ0) is 25.1. The lowest BCUT2D eigenvalue weighted by Gasteiger charge is -2.35. The minimum Gasteiger partial charge on any atom is -0.480 e. The first kappa shape index (κ1) is 24.2. The van der Waals surface area contributed by atoms with E-state index in [9.17, 15) is 14.7 Å². The zero-order valence-corrected chi connectivity index (χ0v) is 20.6. The summed E-state index contributed by atoms with van der Waals surface area (Å²) in [5.41, 5.74) is 3.54. The number of carboxylic acid groups (broad SMARTS) is 1. The van der Waals surface area contributed by atoms with Gasteiger partial charge in [-0.2, -0.15) is 0 Å². The summed E-state index contributed by atoms with van der Waals surface area (Å²) in [6, 6.07) is 6.75. The van der Waals surface area contributed by atoms with Crippen molar-refractivity contribution >= 4 is 28.7 Å². The number of aliphatic carboxylic acids is 1. The van der Waals surface area contributed by atoms with E-state index in [0.717, 1.165) is 50.2 Å². The fourth-order valence-corrected chi connectivity index (χ4v) is 5.11. The molecular formula is C27H33N5O4. The Hall–Kier alpha value is -3.46. The van der Waals surface area contributed by atoms with Gasteiger partial charge in [0.25, 0.3) is 5.91 Å². The van der Waals surface area contributed by atoms with Crippen molar-refractivity contribution in [2.24, 2.45) is 13.0 Å². The van der Waals surface area contributed by atoms with Crippen LogP contribution in [0.3, 0.4) is 0 Å². The predicted octanol–water partition coefficient (Wildman–Crippen LogP) is 3.33. The van der Waals surface area contributed by atoms with Crippen molar-refractivity contribution in [3.05, 3.63) is 53.5 Å². The molecule has 36 heavy (non-hydrogen) atoms. The molecule has 1 aliphatic carbocycles. The van der Waals surface area contributed by atoms with Crippen molar-refractivity contribution in [1.82, 2.24) is 19.9 Å². The summed E-state index contributed by atoms with van der Waals surface area (Å²) in [5, 5.41) is 16.4. The number of carbonyl (C=O) groups is 2. The summed E-state index contributed by atoms with van der Waals surface area (Å²) < 4.78 is 7.74. The Balaban J connectivity index is 1.04. The molecule has 1 unspecified atom stereocenters. The van der Waals surface area contributed by atoms with Crippen LogP contribution in [0.1, 0.15) is 53.7 Å². The van der Waals surface area contributed by atoms with Gasteiger partial charge in [0.2, 0.25) is 0 Å². The number of hydrogen-bond donors (Lipinski definition) is 3. The van der Waals surface area contributed by atoms with Crippen LogP contribution in [0.2, 0.25) is 0 Å². The van der Waals surface area contributed by atoms with Crippen molar-refractivity contribution in [3.8, 4) is 0 Å². The van der Waals surface area contributed by atoms with Crippen LogP contribution in [0.25, 0.3) is 11.0 Å². The second kappa shape index (κ2) is 10.7. The molecule has 1 atom stereocenters. The maximum atomic E-state index is 12.8. The molecule has 3 aromatic rings. The fraction of sp³-hybridized carbons (Fsp3) is 0.481. The number of ether oxygens (including phenoxy) is 1. The second-order valence-electron chi connectivity index (χ2n) is 9.88. The number of amides is 1. The van der Waals surface area contributed by atoms with E-state index in [1.165, 1.54) is 12.0 Å². The van der Waals surface area contributed by atoms with E-state index in [2.05, 4.69) is 27.8 Å². The number of anilines is 1. The SMILES string of the molecule is Cn1ccc2c(C(=O)NC(CCO[C@H]3C[C@H](CCc4ccc5c(n4)NCCC5)C3)C(=O)O)ccnc21. The average molecular weight is 492 g/mol. The van der Waals surface area contributed by atoms with Crippen molar-refractivity contribution in [1.29, 1.82) is 0 Å². The number of aromatic nitrogens is 3. The summed E-state index contributed by atoms with van der Waals surface area (Å²) in [6.07, 6.45) is 10.0. The largest absolute Gasteiger partial charge is 0.480 e. The summed E-state index contributed by atoms with van der Waals surface area (Å²) in [5.74, 6) is 0.168. The van der Waals surface area contributed by atoms with Gasteiger partial charge in [0.15, 0.2) is 0 Å². The first-order valence-electron chi connectivity index (χ1n) is 12.8. The highest BCUT2D eigenvalue weighted by atomic mass is 16.5. The maximum absolute atomic E-state index is 12.8. The van der Waals surface area contributed by atoms with Gasteiger partial charge in [-0.15, -0.1) is 0 Å². The number of nitrogens with one attached hydrogen (secondary N) is 2. The molecule has 1 fully saturated rings. The first-order chi connectivity index (χ1) is 17.5. The van der Waals surface area contributed by atoms with E-state index in [0.29, 0.717) is 29.1 Å². The Bertz CT molecular complexity index is 1250. The van der Waals surface area contributed by atoms with Gasteiger partial charge in [0.05, 0.1) is 11.7 Å². The van der Waals surface area contributed by atoms with Gasteiger partial charge >= 0.3 is 5.97 Å². The second-order valence-corrected chi connectivity index (χ2v) is 9.88. The van der Waals surface area contributed by atoms with Gasteiger partial charge in [0, 0.05) is 50.1 Å². The monoisotopic (exact) mass is 491 g/mol. The Morgan fingerprint density at radius 1 is 1.28 bits per heavy atom. The molecule has 0 spiro atoms. The minimum absolute atomic E-state index is 0.155. The van der Waals surface area contributed by atoms with E-state index in [4.69, 9.17) is 9.72 Å². The molecule has 190 valence electrons. The van der Waals surface area contributed by atoms with Crippen LogP contribution in [0.5, 0.6) is 0 Å². The summed E-state index contributed by atoms with van der Waals surface area (Å²) in [6.45, 7) is 1.29. The van der Waals surface area contributed by atoms with Gasteiger partial charge in [-0.1, -0.05) is 6.07 Å². The summed E-state index contributed by atoms with van der Waals surface area (Å²) in [7, 11) is 1.85. The van der Waals surface area contributed by atoms with Crippen LogP contribution in [0, 0.1) is 5.92 Å². The Kier molecular flexibility index (Phi) is 7.18. The van der Waals surface area contributed by atoms with Gasteiger partial charge < -0.3 is 25.0 Å². The Labute approximate surface area is 210 Å². The molecule has 2 aliphatic rings. The molecule has 9 nitrogen and oxygen atoms in total. The number of pyridine rings is 2. The van der Waals surface area contributed by atoms with Crippen LogP contribution < -0.4 is 10.6 Å². The molecule has 9 heteroatoms. The van der Waals surface area contributed by atoms with Crippen LogP contribution in [-0.4, -0.2) is 56.8 Å². The van der Waals surface area contributed by atoms with E-state index >= 15 is 0 Å². The lowest BCUT2D eigenvalue weighted by atomic mass is 9.79. The number of carboxylic acids is 1. The van der Waals surface area contributed by atoms with Gasteiger partial charge in [0.1, 0.15) is 17.5 Å². The third-order valence-electron chi connectivity index (χ3n) is 7.33. The molecule has 0 saturated heterocycles. The van der Waals surface area contributed by atoms with Gasteiger partial charge in [-0.3, -0.25) is 4.79 Å². The highest BCUT2D eigenvalue weighted by Gasteiger charge is 2.30. The predicted molar refractivity (Wildman–Crippen MR) is 136 cm³/mol. The topological polar surface area (TPSA) is 118 Å². The van der Waals surface area contributed by atoms with E-state index < -0.39 is 17.9 Å². The highest BCUT2D eigenvalue weighted by Crippen LogP contribution is 2.34. The van der Waals surface area contributed by atoms with Gasteiger partial charge in [-0.05, 0) is 68.2 Å². The molecule has 3 N–H and O–H groups in total. The molecule has 0 radical (unpaired) electrons. The number of carbonyl (C=O) groups excluding carboxylic acids is 1. The molecule has 4 heterocycles. The number of fused-ring (bicyclic) bond motifs is 2. The van der Waals surface area contributed by atoms with Crippen LogP contribution >= 0.6 is 0 Å². The van der Waals surface area contributed by atoms with Crippen LogP contribution in [0.15, 0.2) is 36.7 Å². The Morgan fingerprint density at radius 3 is 2.97 bits per heavy atom. The minimum atomic E-state index is -1.07. The molecule has 5 rings (SSSR count). The number of aryl methyl sites for hydroxylation is 3. The molecule has 1 aliphatic heterocycles. The summed E-state index contributed by atoms with van der Waals surface area (Å²) in [4.78, 5) is 33.6. The maximum Gasteiger partial charge on any atom is 0.326 e. The highest BCUT2D eigenvalue weighted by molar-refractivity contribution is 6.06. The number of hydrogen-bond acceptors (Lipinski definition) is 6. The van der Waals surface area contributed by atoms with E-state index in [-0.39, 0.29) is 12.5 Å². The van der Waals surface area contributed by atoms with Crippen molar-refractivity contribution < 1.29 is 19.4 Å². The quantitative estimate of drug-likeness (QED) is 0.398. The Morgan fingerprint density at radius 2 is 2.14 bits per heavy atom. The van der Waals surface area contributed by atoms with Crippen molar-refractivity contribution in [2.45, 2.75) is 57.1 Å². The molecule has 1 amide bonds. The van der Waals surface area contributed by atoms with Gasteiger partial charge in [-0.25, -0.2) is 14.8 Å². The number of nitrogens with zero attached hydrogens (tertiary/aromatic N) is 3. The third kappa shape index (κ3) is 5.36. The molecule has 0 bridgehead atoms. The first-order valence-corrected chi connectivity index (χ1v) is 12.8. The summed E-state index contributed by atoms with van der Waals surface area (Å²) >= 11 is 0. The zero-order valence-electron chi connectivity index (χ0n) is 20.6. The average Bonchev–Trinajstić information content (AvgIpc) is 3.24. The lowest BCUT2D eigenvalue weighted by molar-refractivity contribution is -0.140. The van der Waals surface area contributed by atoms with Crippen LogP contribution in [0.4, 0.5) is 5.82 Å². The standard InChI is InChI=1S/C27H33N5O4/c1-32-13-9-21-22(8-12-29-25(21)32)26(33)31-23(27(34)35)10-14-36-20-15-17(16-20)4-6-19-7-5-18-3-2-11-28-24(18)30-19/h5,7-9,12-13,17,20,23H,2-4,6,10-11,14-16H2,1H3,(H,28,30)(H,31,33)(H,34,35)/t17-,20-,23?. The molecule has 3 aromatic heterocycles. The van der Waals surface area contributed by atoms with Crippen LogP contribution in [-0.2, 0) is 29.4 Å². The normalized spacial score (nSPS) is 19.7. The van der Waals surface area contributed by atoms with E-state index in [1.54, 1.807) is 12.3 Å². The van der Waals surface area contributed by atoms with Crippen molar-refractivity contribution in [2.75, 3.05) is 18.5 Å². The van der Waals surface area contributed by atoms with Crippen molar-refractivity contribution in [3.63, 3.8) is 0 Å². The third-order valence-corrected chi connectivity index (χ3v) is 7.33. The fourth-order valence-electron chi connectivity index (χ4n) is 5.11. The molecule has 1 saturated carbocycles. The van der Waals surface area contributed by atoms with E-state index in [1.807, 2.05) is 23.9 Å². The number of rotatable bonds is 10. The molecular weight excluding hydrogens is 458 g/mol. The lowest BCUT2D eigenvalue weighted by Crippen LogP contribution is -2.42. The smallest absolute Gasteiger partial charge is 0.326 e.